The summed E-state index contributed by atoms with van der Waals surface area (Å²) in [5.74, 6) is 0. The third-order valence-corrected chi connectivity index (χ3v) is 8.96. The molecular formula is C33H23Br2Cl. The van der Waals surface area contributed by atoms with Crippen LogP contribution < -0.4 is 0 Å². The van der Waals surface area contributed by atoms with E-state index in [1.54, 1.807) is 0 Å². The first kappa shape index (κ1) is 23.7. The zero-order valence-electron chi connectivity index (χ0n) is 19.9. The maximum atomic E-state index is 6.67. The monoisotopic (exact) mass is 612 g/mol. The fourth-order valence-corrected chi connectivity index (χ4v) is 6.76. The largest absolute Gasteiger partial charge is 0.0837 e. The summed E-state index contributed by atoms with van der Waals surface area (Å²) in [7, 11) is 0. The molecule has 5 aromatic rings. The second-order valence-corrected chi connectivity index (χ2v) is 11.9. The topological polar surface area (TPSA) is 0 Å². The van der Waals surface area contributed by atoms with Crippen molar-refractivity contribution in [1.29, 1.82) is 0 Å². The highest BCUT2D eigenvalue weighted by atomic mass is 79.9. The minimum Gasteiger partial charge on any atom is -0.0837 e. The molecule has 0 spiro atoms. The molecular weight excluding hydrogens is 592 g/mol. The van der Waals surface area contributed by atoms with Crippen molar-refractivity contribution in [3.63, 3.8) is 0 Å². The minimum absolute atomic E-state index is 0.0625. The van der Waals surface area contributed by atoms with Crippen LogP contribution in [-0.2, 0) is 5.41 Å². The highest BCUT2D eigenvalue weighted by molar-refractivity contribution is 9.11. The van der Waals surface area contributed by atoms with E-state index in [0.717, 1.165) is 41.8 Å². The molecule has 1 aliphatic rings. The molecule has 0 radical (unpaired) electrons. The van der Waals surface area contributed by atoms with Gasteiger partial charge in [-0.05, 0) is 92.5 Å². The number of benzene rings is 5. The van der Waals surface area contributed by atoms with Crippen LogP contribution in [0.25, 0.3) is 44.5 Å². The molecule has 0 fully saturated rings. The lowest BCUT2D eigenvalue weighted by Crippen LogP contribution is -2.15. The van der Waals surface area contributed by atoms with Crippen LogP contribution in [0, 0.1) is 0 Å². The van der Waals surface area contributed by atoms with E-state index < -0.39 is 0 Å². The molecule has 0 N–H and O–H groups in total. The van der Waals surface area contributed by atoms with Crippen LogP contribution in [0.15, 0.2) is 112 Å². The van der Waals surface area contributed by atoms with Gasteiger partial charge in [-0.3, -0.25) is 0 Å². The molecule has 0 aromatic heterocycles. The average Bonchev–Trinajstić information content (AvgIpc) is 3.10. The Hall–Kier alpha value is -2.65. The van der Waals surface area contributed by atoms with Gasteiger partial charge in [-0.15, -0.1) is 0 Å². The van der Waals surface area contributed by atoms with Gasteiger partial charge in [0.15, 0.2) is 0 Å². The van der Waals surface area contributed by atoms with Crippen molar-refractivity contribution in [3.05, 3.63) is 128 Å². The van der Waals surface area contributed by atoms with Crippen molar-refractivity contribution in [3.8, 4) is 44.5 Å². The summed E-state index contributed by atoms with van der Waals surface area (Å²) >= 11 is 14.4. The third kappa shape index (κ3) is 3.87. The predicted octanol–water partition coefficient (Wildman–Crippen LogP) is 11.2. The molecule has 0 amide bonds. The number of hydrogen-bond donors (Lipinski definition) is 0. The standard InChI is InChI=1S/C33H23Br2Cl/c1-33(2)28-12-6-3-11-25(28)27-19-31(35)26(18-29(27)33)22-16-20(23-9-4-7-13-30(23)34)15-21(17-22)24-10-5-8-14-32(24)36/h3-19H,1-2H3. The van der Waals surface area contributed by atoms with Gasteiger partial charge in [-0.25, -0.2) is 0 Å². The van der Waals surface area contributed by atoms with Crippen LogP contribution in [-0.4, -0.2) is 0 Å². The lowest BCUT2D eigenvalue weighted by atomic mass is 9.81. The smallest absolute Gasteiger partial charge is 0.0484 e. The van der Waals surface area contributed by atoms with E-state index in [4.69, 9.17) is 11.6 Å². The minimum atomic E-state index is -0.0625. The first-order chi connectivity index (χ1) is 17.3. The number of hydrogen-bond acceptors (Lipinski definition) is 0. The van der Waals surface area contributed by atoms with Crippen molar-refractivity contribution in [1.82, 2.24) is 0 Å². The molecule has 0 bridgehead atoms. The van der Waals surface area contributed by atoms with E-state index >= 15 is 0 Å². The Morgan fingerprint density at radius 1 is 0.500 bits per heavy atom. The van der Waals surface area contributed by atoms with E-state index in [1.807, 2.05) is 24.3 Å². The van der Waals surface area contributed by atoms with Crippen molar-refractivity contribution in [2.45, 2.75) is 19.3 Å². The first-order valence-electron chi connectivity index (χ1n) is 11.9. The van der Waals surface area contributed by atoms with Gasteiger partial charge in [-0.2, -0.15) is 0 Å². The molecule has 3 heteroatoms. The molecule has 0 aliphatic heterocycles. The van der Waals surface area contributed by atoms with Gasteiger partial charge >= 0.3 is 0 Å². The summed E-state index contributed by atoms with van der Waals surface area (Å²) in [6.45, 7) is 4.64. The van der Waals surface area contributed by atoms with Gasteiger partial charge in [0.25, 0.3) is 0 Å². The van der Waals surface area contributed by atoms with Gasteiger partial charge in [0.1, 0.15) is 0 Å². The summed E-state index contributed by atoms with van der Waals surface area (Å²) in [5, 5.41) is 0.748. The number of halogens is 3. The zero-order valence-corrected chi connectivity index (χ0v) is 23.9. The second-order valence-electron chi connectivity index (χ2n) is 9.81. The van der Waals surface area contributed by atoms with Crippen molar-refractivity contribution in [2.75, 3.05) is 0 Å². The molecule has 6 rings (SSSR count). The van der Waals surface area contributed by atoms with Crippen LogP contribution in [0.3, 0.4) is 0 Å². The molecule has 5 aromatic carbocycles. The molecule has 0 heterocycles. The molecule has 0 unspecified atom stereocenters. The van der Waals surface area contributed by atoms with Gasteiger partial charge in [0.05, 0.1) is 0 Å². The average molecular weight is 615 g/mol. The van der Waals surface area contributed by atoms with E-state index in [2.05, 4.69) is 125 Å². The zero-order chi connectivity index (χ0) is 25.0. The summed E-state index contributed by atoms with van der Waals surface area (Å²) < 4.78 is 2.15. The molecule has 0 nitrogen and oxygen atoms in total. The molecule has 176 valence electrons. The van der Waals surface area contributed by atoms with Crippen LogP contribution in [0.5, 0.6) is 0 Å². The van der Waals surface area contributed by atoms with Crippen LogP contribution in [0.4, 0.5) is 0 Å². The summed E-state index contributed by atoms with van der Waals surface area (Å²) in [6, 6.07) is 36.6. The Bertz CT molecular complexity index is 1580. The predicted molar refractivity (Wildman–Crippen MR) is 161 cm³/mol. The maximum absolute atomic E-state index is 6.67. The summed E-state index contributed by atoms with van der Waals surface area (Å²) in [5.41, 5.74) is 12.0. The number of rotatable bonds is 3. The van der Waals surface area contributed by atoms with Crippen molar-refractivity contribution < 1.29 is 0 Å². The molecule has 0 saturated carbocycles. The van der Waals surface area contributed by atoms with Crippen LogP contribution in [0.2, 0.25) is 5.02 Å². The Morgan fingerprint density at radius 2 is 1.06 bits per heavy atom. The third-order valence-electron chi connectivity index (χ3n) is 7.28. The van der Waals surface area contributed by atoms with Crippen LogP contribution >= 0.6 is 43.5 Å². The Labute approximate surface area is 234 Å². The SMILES string of the molecule is CC1(C)c2ccccc2-c2cc(Br)c(-c3cc(-c4ccccc4Cl)cc(-c4ccccc4Br)c3)cc21. The normalized spacial score (nSPS) is 13.4. The molecule has 36 heavy (non-hydrogen) atoms. The van der Waals surface area contributed by atoms with Crippen LogP contribution in [0.1, 0.15) is 25.0 Å². The van der Waals surface area contributed by atoms with Gasteiger partial charge in [-0.1, -0.05) is 118 Å². The van der Waals surface area contributed by atoms with E-state index in [9.17, 15) is 0 Å². The van der Waals surface area contributed by atoms with E-state index in [1.165, 1.54) is 27.8 Å². The fourth-order valence-electron chi connectivity index (χ4n) is 5.43. The Morgan fingerprint density at radius 3 is 1.75 bits per heavy atom. The Balaban J connectivity index is 1.60. The van der Waals surface area contributed by atoms with Crippen molar-refractivity contribution >= 4 is 43.5 Å². The molecule has 0 atom stereocenters. The summed E-state index contributed by atoms with van der Waals surface area (Å²) in [6.07, 6.45) is 0. The van der Waals surface area contributed by atoms with Gasteiger partial charge in [0.2, 0.25) is 0 Å². The fraction of sp³-hybridized carbons (Fsp3) is 0.0909. The molecule has 1 aliphatic carbocycles. The van der Waals surface area contributed by atoms with E-state index in [0.29, 0.717) is 0 Å². The quantitative estimate of drug-likeness (QED) is 0.190. The Kier molecular flexibility index (Phi) is 5.95. The maximum Gasteiger partial charge on any atom is 0.0484 e. The lowest BCUT2D eigenvalue weighted by molar-refractivity contribution is 0.660. The van der Waals surface area contributed by atoms with E-state index in [-0.39, 0.29) is 5.41 Å². The second kappa shape index (κ2) is 9.03. The van der Waals surface area contributed by atoms with Crippen molar-refractivity contribution in [2.24, 2.45) is 0 Å². The van der Waals surface area contributed by atoms with Gasteiger partial charge in [0, 0.05) is 24.9 Å². The highest BCUT2D eigenvalue weighted by Gasteiger charge is 2.35. The molecule has 0 saturated heterocycles. The number of fused-ring (bicyclic) bond motifs is 3. The van der Waals surface area contributed by atoms with Gasteiger partial charge < -0.3 is 0 Å². The first-order valence-corrected chi connectivity index (χ1v) is 13.9. The lowest BCUT2D eigenvalue weighted by Gasteiger charge is -2.22. The highest BCUT2D eigenvalue weighted by Crippen LogP contribution is 2.51. The summed E-state index contributed by atoms with van der Waals surface area (Å²) in [4.78, 5) is 0.